The summed E-state index contributed by atoms with van der Waals surface area (Å²) in [6.45, 7) is 5.67. The molecule has 0 spiro atoms. The van der Waals surface area contributed by atoms with Crippen LogP contribution in [-0.4, -0.2) is 24.7 Å². The Kier molecular flexibility index (Phi) is 5.18. The number of rotatable bonds is 3. The lowest BCUT2D eigenvalue weighted by atomic mass is 9.54. The number of benzene rings is 1. The molecule has 0 aromatic heterocycles. The van der Waals surface area contributed by atoms with Gasteiger partial charge in [0.2, 0.25) is 0 Å². The Morgan fingerprint density at radius 2 is 2.09 bits per heavy atom. The Morgan fingerprint density at radius 1 is 1.32 bits per heavy atom. The molecule has 1 saturated heterocycles. The van der Waals surface area contributed by atoms with Crippen LogP contribution in [0.4, 0.5) is 0 Å². The molecule has 1 N–H and O–H groups in total. The normalized spacial score (nSPS) is 29.7. The molecule has 0 amide bonds. The van der Waals surface area contributed by atoms with Gasteiger partial charge in [-0.1, -0.05) is 24.3 Å². The first kappa shape index (κ1) is 17.3. The Hall–Kier alpha value is -1.06. The average molecular weight is 324 g/mol. The highest BCUT2D eigenvalue weighted by molar-refractivity contribution is 5.85. The predicted molar refractivity (Wildman–Crippen MR) is 90.6 cm³/mol. The van der Waals surface area contributed by atoms with Gasteiger partial charge in [-0.25, -0.2) is 0 Å². The molecule has 122 valence electrons. The molecule has 3 rings (SSSR count). The van der Waals surface area contributed by atoms with Crippen molar-refractivity contribution in [3.05, 3.63) is 35.4 Å². The van der Waals surface area contributed by atoms with Gasteiger partial charge in [0.05, 0.1) is 13.0 Å². The second kappa shape index (κ2) is 6.59. The topological polar surface area (TPSA) is 38.3 Å². The zero-order valence-electron chi connectivity index (χ0n) is 13.5. The smallest absolute Gasteiger partial charge is 0.306 e. The van der Waals surface area contributed by atoms with Crippen molar-refractivity contribution >= 4 is 18.4 Å². The van der Waals surface area contributed by atoms with Crippen LogP contribution >= 0.6 is 12.4 Å². The Bertz CT molecular complexity index is 548. The molecule has 1 aliphatic heterocycles. The van der Waals surface area contributed by atoms with Gasteiger partial charge in [-0.05, 0) is 57.2 Å². The molecular formula is C18H26ClNO2. The zero-order valence-corrected chi connectivity index (χ0v) is 14.3. The lowest BCUT2D eigenvalue weighted by Crippen LogP contribution is -2.64. The van der Waals surface area contributed by atoms with Gasteiger partial charge in [-0.3, -0.25) is 4.79 Å². The maximum atomic E-state index is 12.3. The number of aryl methyl sites for hydroxylation is 1. The summed E-state index contributed by atoms with van der Waals surface area (Å²) in [5.74, 6) is -0.0656. The van der Waals surface area contributed by atoms with Crippen LogP contribution in [0.15, 0.2) is 24.3 Å². The fourth-order valence-corrected chi connectivity index (χ4v) is 4.39. The Morgan fingerprint density at radius 3 is 2.86 bits per heavy atom. The third-order valence-electron chi connectivity index (χ3n) is 5.53. The van der Waals surface area contributed by atoms with Gasteiger partial charge in [-0.2, -0.15) is 0 Å². The summed E-state index contributed by atoms with van der Waals surface area (Å²) in [6.07, 6.45) is 4.84. The summed E-state index contributed by atoms with van der Waals surface area (Å²) in [4.78, 5) is 12.3. The van der Waals surface area contributed by atoms with Crippen molar-refractivity contribution < 1.29 is 9.53 Å². The van der Waals surface area contributed by atoms with Gasteiger partial charge in [0.15, 0.2) is 0 Å². The van der Waals surface area contributed by atoms with Crippen molar-refractivity contribution in [2.45, 2.75) is 56.9 Å². The monoisotopic (exact) mass is 323 g/mol. The van der Waals surface area contributed by atoms with Gasteiger partial charge in [0.1, 0.15) is 0 Å². The van der Waals surface area contributed by atoms with Crippen LogP contribution in [0.2, 0.25) is 0 Å². The Balaban J connectivity index is 0.00000176. The van der Waals surface area contributed by atoms with E-state index in [1.165, 1.54) is 11.1 Å². The molecular weight excluding hydrogens is 298 g/mol. The minimum absolute atomic E-state index is 0. The number of carbonyl (C=O) groups is 1. The van der Waals surface area contributed by atoms with E-state index in [-0.39, 0.29) is 29.3 Å². The molecule has 0 bridgehead atoms. The predicted octanol–water partition coefficient (Wildman–Crippen LogP) is 3.39. The largest absolute Gasteiger partial charge is 0.466 e. The second-order valence-corrected chi connectivity index (χ2v) is 6.58. The second-order valence-electron chi connectivity index (χ2n) is 6.58. The number of nitrogens with one attached hydrogen (secondary N) is 1. The van der Waals surface area contributed by atoms with E-state index >= 15 is 0 Å². The molecule has 1 aromatic rings. The van der Waals surface area contributed by atoms with Crippen LogP contribution in [0.3, 0.4) is 0 Å². The van der Waals surface area contributed by atoms with Crippen molar-refractivity contribution in [2.24, 2.45) is 0 Å². The number of fused-ring (bicyclic) bond motifs is 3. The minimum atomic E-state index is -0.119. The number of halogens is 1. The van der Waals surface area contributed by atoms with E-state index in [4.69, 9.17) is 4.74 Å². The van der Waals surface area contributed by atoms with Crippen molar-refractivity contribution in [3.63, 3.8) is 0 Å². The maximum absolute atomic E-state index is 12.3. The summed E-state index contributed by atoms with van der Waals surface area (Å²) in [7, 11) is 0. The van der Waals surface area contributed by atoms with Gasteiger partial charge in [0.25, 0.3) is 0 Å². The fraction of sp³-hybridized carbons (Fsp3) is 0.611. The summed E-state index contributed by atoms with van der Waals surface area (Å²) < 4.78 is 5.28. The molecule has 1 aromatic carbocycles. The third-order valence-corrected chi connectivity index (χ3v) is 5.53. The molecule has 22 heavy (non-hydrogen) atoms. The number of piperidine rings is 1. The number of esters is 1. The lowest BCUT2D eigenvalue weighted by molar-refractivity contribution is -0.146. The lowest BCUT2D eigenvalue weighted by Gasteiger charge is -2.56. The van der Waals surface area contributed by atoms with Crippen LogP contribution in [0.5, 0.6) is 0 Å². The van der Waals surface area contributed by atoms with Crippen molar-refractivity contribution in [1.82, 2.24) is 5.32 Å². The van der Waals surface area contributed by atoms with Gasteiger partial charge >= 0.3 is 5.97 Å². The molecule has 1 heterocycles. The molecule has 0 radical (unpaired) electrons. The maximum Gasteiger partial charge on any atom is 0.306 e. The van der Waals surface area contributed by atoms with Crippen LogP contribution in [0, 0.1) is 0 Å². The molecule has 1 aliphatic carbocycles. The van der Waals surface area contributed by atoms with Crippen molar-refractivity contribution in [1.29, 1.82) is 0 Å². The number of hydrogen-bond donors (Lipinski definition) is 1. The third kappa shape index (κ3) is 2.65. The molecule has 0 saturated carbocycles. The molecule has 3 nitrogen and oxygen atoms in total. The van der Waals surface area contributed by atoms with Crippen molar-refractivity contribution in [2.75, 3.05) is 13.2 Å². The van der Waals surface area contributed by atoms with Crippen LogP contribution in [0.1, 0.15) is 50.7 Å². The van der Waals surface area contributed by atoms with E-state index in [1.807, 2.05) is 6.92 Å². The van der Waals surface area contributed by atoms with E-state index in [9.17, 15) is 4.79 Å². The molecule has 4 heteroatoms. The summed E-state index contributed by atoms with van der Waals surface area (Å²) in [5, 5.41) is 3.72. The Labute approximate surface area is 139 Å². The van der Waals surface area contributed by atoms with Crippen LogP contribution < -0.4 is 5.32 Å². The standard InChI is InChI=1S/C18H25NO2.ClH/c1-3-21-16(20)13-18-10-6-12-19-17(18,2)11-9-14-7-4-5-8-15(14)18;/h4-5,7-8,19H,3,6,9-13H2,1-2H3;1H. The SMILES string of the molecule is CCOC(=O)CC12CCCNC1(C)CCc1ccccc12.Cl. The molecule has 2 aliphatic rings. The first-order valence-corrected chi connectivity index (χ1v) is 8.10. The van der Waals surface area contributed by atoms with Crippen LogP contribution in [0.25, 0.3) is 0 Å². The highest BCUT2D eigenvalue weighted by atomic mass is 35.5. The van der Waals surface area contributed by atoms with Crippen LogP contribution in [-0.2, 0) is 21.4 Å². The summed E-state index contributed by atoms with van der Waals surface area (Å²) in [6, 6.07) is 8.65. The van der Waals surface area contributed by atoms with Gasteiger partial charge < -0.3 is 10.1 Å². The van der Waals surface area contributed by atoms with E-state index in [0.29, 0.717) is 13.0 Å². The van der Waals surface area contributed by atoms with E-state index < -0.39 is 0 Å². The quantitative estimate of drug-likeness (QED) is 0.867. The fourth-order valence-electron chi connectivity index (χ4n) is 4.39. The van der Waals surface area contributed by atoms with E-state index in [2.05, 4.69) is 36.5 Å². The summed E-state index contributed by atoms with van der Waals surface area (Å²) in [5.41, 5.74) is 2.64. The minimum Gasteiger partial charge on any atom is -0.466 e. The zero-order chi connectivity index (χ0) is 14.9. The molecule has 2 unspecified atom stereocenters. The summed E-state index contributed by atoms with van der Waals surface area (Å²) >= 11 is 0. The van der Waals surface area contributed by atoms with Crippen molar-refractivity contribution in [3.8, 4) is 0 Å². The highest BCUT2D eigenvalue weighted by Crippen LogP contribution is 2.51. The van der Waals surface area contributed by atoms with E-state index in [0.717, 1.165) is 32.2 Å². The molecule has 2 atom stereocenters. The first-order valence-electron chi connectivity index (χ1n) is 8.10. The molecule has 1 fully saturated rings. The highest BCUT2D eigenvalue weighted by Gasteiger charge is 2.54. The number of hydrogen-bond acceptors (Lipinski definition) is 3. The van der Waals surface area contributed by atoms with Gasteiger partial charge in [0, 0.05) is 11.0 Å². The number of ether oxygens (including phenoxy) is 1. The van der Waals surface area contributed by atoms with E-state index in [1.54, 1.807) is 0 Å². The number of carbonyl (C=O) groups excluding carboxylic acids is 1. The van der Waals surface area contributed by atoms with Gasteiger partial charge in [-0.15, -0.1) is 12.4 Å². The first-order chi connectivity index (χ1) is 10.1. The average Bonchev–Trinajstić information content (AvgIpc) is 2.48.